The molecule has 1 N–H and O–H groups in total. The fourth-order valence-electron chi connectivity index (χ4n) is 2.79. The van der Waals surface area contributed by atoms with Crippen molar-refractivity contribution >= 4 is 23.5 Å². The Labute approximate surface area is 161 Å². The smallest absolute Gasteiger partial charge is 0.251 e. The first kappa shape index (κ1) is 17.5. The Kier molecular flexibility index (Phi) is 5.34. The van der Waals surface area contributed by atoms with Crippen molar-refractivity contribution < 1.29 is 9.32 Å². The van der Waals surface area contributed by atoms with E-state index in [0.29, 0.717) is 17.3 Å². The highest BCUT2D eigenvalue weighted by Crippen LogP contribution is 2.21. The molecular formula is C19H19N5O2S. The maximum Gasteiger partial charge on any atom is 0.251 e. The molecule has 3 aromatic rings. The van der Waals surface area contributed by atoms with Crippen molar-refractivity contribution in [1.82, 2.24) is 20.4 Å². The van der Waals surface area contributed by atoms with Crippen molar-refractivity contribution in [2.45, 2.75) is 6.54 Å². The first-order valence-electron chi connectivity index (χ1n) is 8.74. The van der Waals surface area contributed by atoms with Gasteiger partial charge in [0, 0.05) is 41.9 Å². The molecule has 138 valence electrons. The van der Waals surface area contributed by atoms with Crippen molar-refractivity contribution in [3.8, 4) is 11.4 Å². The van der Waals surface area contributed by atoms with Crippen LogP contribution in [-0.2, 0) is 6.54 Å². The quantitative estimate of drug-likeness (QED) is 0.727. The lowest BCUT2D eigenvalue weighted by atomic mass is 10.2. The van der Waals surface area contributed by atoms with E-state index in [0.717, 1.165) is 36.0 Å². The zero-order valence-electron chi connectivity index (χ0n) is 14.7. The molecule has 2 aromatic heterocycles. The molecular weight excluding hydrogens is 362 g/mol. The average molecular weight is 381 g/mol. The lowest BCUT2D eigenvalue weighted by Gasteiger charge is -2.27. The summed E-state index contributed by atoms with van der Waals surface area (Å²) in [4.78, 5) is 23.2. The normalized spacial score (nSPS) is 14.1. The minimum Gasteiger partial charge on any atom is -0.355 e. The van der Waals surface area contributed by atoms with Gasteiger partial charge in [-0.2, -0.15) is 16.7 Å². The van der Waals surface area contributed by atoms with Crippen LogP contribution in [0.4, 0.5) is 5.82 Å². The first-order chi connectivity index (χ1) is 13.3. The Morgan fingerprint density at radius 3 is 2.70 bits per heavy atom. The highest BCUT2D eigenvalue weighted by atomic mass is 32.2. The van der Waals surface area contributed by atoms with E-state index in [1.165, 1.54) is 0 Å². The average Bonchev–Trinajstić information content (AvgIpc) is 3.22. The van der Waals surface area contributed by atoms with E-state index >= 15 is 0 Å². The number of nitrogens with one attached hydrogen (secondary N) is 1. The van der Waals surface area contributed by atoms with Crippen molar-refractivity contribution in [3.63, 3.8) is 0 Å². The lowest BCUT2D eigenvalue weighted by molar-refractivity contribution is 0.0946. The molecule has 1 aromatic carbocycles. The maximum atomic E-state index is 12.1. The third-order valence-electron chi connectivity index (χ3n) is 4.25. The van der Waals surface area contributed by atoms with Crippen LogP contribution < -0.4 is 10.2 Å². The summed E-state index contributed by atoms with van der Waals surface area (Å²) in [6.45, 7) is 2.21. The minimum absolute atomic E-state index is 0.178. The van der Waals surface area contributed by atoms with Gasteiger partial charge in [-0.15, -0.1) is 0 Å². The number of anilines is 1. The van der Waals surface area contributed by atoms with Gasteiger partial charge in [0.05, 0.1) is 6.54 Å². The molecule has 0 radical (unpaired) electrons. The van der Waals surface area contributed by atoms with Gasteiger partial charge in [0.25, 0.3) is 5.91 Å². The summed E-state index contributed by atoms with van der Waals surface area (Å²) in [5.41, 5.74) is 1.38. The number of carbonyl (C=O) groups excluding carboxylic acids is 1. The number of nitrogens with zero attached hydrogens (tertiary/aromatic N) is 4. The van der Waals surface area contributed by atoms with Gasteiger partial charge in [0.2, 0.25) is 11.7 Å². The van der Waals surface area contributed by atoms with E-state index in [2.05, 4.69) is 25.3 Å². The molecule has 7 nitrogen and oxygen atoms in total. The molecule has 8 heteroatoms. The topological polar surface area (TPSA) is 84.2 Å². The predicted octanol–water partition coefficient (Wildman–Crippen LogP) is 2.61. The van der Waals surface area contributed by atoms with Gasteiger partial charge in [-0.3, -0.25) is 4.79 Å². The Morgan fingerprint density at radius 1 is 1.15 bits per heavy atom. The van der Waals surface area contributed by atoms with Gasteiger partial charge in [0.15, 0.2) is 0 Å². The number of pyridine rings is 1. The number of aromatic nitrogens is 3. The van der Waals surface area contributed by atoms with Crippen LogP contribution in [0.25, 0.3) is 11.4 Å². The van der Waals surface area contributed by atoms with E-state index in [1.54, 1.807) is 18.3 Å². The summed E-state index contributed by atoms with van der Waals surface area (Å²) in [6, 6.07) is 12.9. The Morgan fingerprint density at radius 2 is 1.96 bits per heavy atom. The maximum absolute atomic E-state index is 12.1. The van der Waals surface area contributed by atoms with Crippen LogP contribution in [0, 0.1) is 0 Å². The second-order valence-corrected chi connectivity index (χ2v) is 7.29. The number of amides is 1. The molecule has 0 aliphatic carbocycles. The molecule has 0 spiro atoms. The van der Waals surface area contributed by atoms with Crippen molar-refractivity contribution in [2.24, 2.45) is 0 Å². The molecule has 3 heterocycles. The van der Waals surface area contributed by atoms with E-state index in [4.69, 9.17) is 4.52 Å². The number of hydrogen-bond acceptors (Lipinski definition) is 7. The van der Waals surface area contributed by atoms with Crippen LogP contribution in [0.5, 0.6) is 0 Å². The molecule has 4 rings (SSSR count). The molecule has 27 heavy (non-hydrogen) atoms. The highest BCUT2D eigenvalue weighted by molar-refractivity contribution is 7.99. The summed E-state index contributed by atoms with van der Waals surface area (Å²) < 4.78 is 5.24. The lowest BCUT2D eigenvalue weighted by Crippen LogP contribution is -2.32. The Bertz CT molecular complexity index is 892. The summed E-state index contributed by atoms with van der Waals surface area (Å²) >= 11 is 1.97. The van der Waals surface area contributed by atoms with Crippen LogP contribution in [0.1, 0.15) is 16.2 Å². The molecule has 1 saturated heterocycles. The van der Waals surface area contributed by atoms with Gasteiger partial charge in [-0.05, 0) is 24.3 Å². The summed E-state index contributed by atoms with van der Waals surface area (Å²) in [6.07, 6.45) is 1.76. The zero-order chi connectivity index (χ0) is 18.5. The SMILES string of the molecule is O=C(NCc1nc(-c2ccc(N3CCSCC3)nc2)no1)c1ccccc1. The molecule has 1 fully saturated rings. The Balaban J connectivity index is 1.38. The molecule has 1 amide bonds. The van der Waals surface area contributed by atoms with Crippen molar-refractivity contribution in [3.05, 3.63) is 60.1 Å². The van der Waals surface area contributed by atoms with Crippen LogP contribution in [0.2, 0.25) is 0 Å². The fraction of sp³-hybridized carbons (Fsp3) is 0.263. The highest BCUT2D eigenvalue weighted by Gasteiger charge is 2.14. The van der Waals surface area contributed by atoms with Gasteiger partial charge in [-0.25, -0.2) is 4.98 Å². The van der Waals surface area contributed by atoms with Gasteiger partial charge < -0.3 is 14.7 Å². The largest absolute Gasteiger partial charge is 0.355 e. The van der Waals surface area contributed by atoms with Crippen LogP contribution in [0.15, 0.2) is 53.2 Å². The number of rotatable bonds is 5. The van der Waals surface area contributed by atoms with Crippen LogP contribution in [0.3, 0.4) is 0 Å². The second kappa shape index (κ2) is 8.22. The van der Waals surface area contributed by atoms with Gasteiger partial charge >= 0.3 is 0 Å². The number of carbonyl (C=O) groups is 1. The molecule has 0 bridgehead atoms. The second-order valence-electron chi connectivity index (χ2n) is 6.06. The summed E-state index contributed by atoms with van der Waals surface area (Å²) in [5, 5.41) is 6.76. The molecule has 0 atom stereocenters. The van der Waals surface area contributed by atoms with Crippen molar-refractivity contribution in [1.29, 1.82) is 0 Å². The number of hydrogen-bond donors (Lipinski definition) is 1. The van der Waals surface area contributed by atoms with Gasteiger partial charge in [-0.1, -0.05) is 23.4 Å². The fourth-order valence-corrected chi connectivity index (χ4v) is 3.69. The standard InChI is InChI=1S/C19H19N5O2S/c25-19(14-4-2-1-3-5-14)21-13-17-22-18(23-26-17)15-6-7-16(20-12-15)24-8-10-27-11-9-24/h1-7,12H,8-11,13H2,(H,21,25). The first-order valence-corrected chi connectivity index (χ1v) is 9.90. The Hall–Kier alpha value is -2.87. The zero-order valence-corrected chi connectivity index (χ0v) is 15.5. The van der Waals surface area contributed by atoms with Crippen LogP contribution in [-0.4, -0.2) is 45.6 Å². The van der Waals surface area contributed by atoms with E-state index < -0.39 is 0 Å². The van der Waals surface area contributed by atoms with Crippen molar-refractivity contribution in [2.75, 3.05) is 29.5 Å². The van der Waals surface area contributed by atoms with Crippen LogP contribution >= 0.6 is 11.8 Å². The van der Waals surface area contributed by atoms with E-state index in [-0.39, 0.29) is 12.5 Å². The monoisotopic (exact) mass is 381 g/mol. The number of benzene rings is 1. The summed E-state index contributed by atoms with van der Waals surface area (Å²) in [5.74, 6) is 3.87. The van der Waals surface area contributed by atoms with Gasteiger partial charge in [0.1, 0.15) is 5.82 Å². The number of thioether (sulfide) groups is 1. The third-order valence-corrected chi connectivity index (χ3v) is 5.19. The third kappa shape index (κ3) is 4.28. The van der Waals surface area contributed by atoms with E-state index in [1.807, 2.05) is 42.1 Å². The van der Waals surface area contributed by atoms with E-state index in [9.17, 15) is 4.79 Å². The molecule has 1 aliphatic rings. The summed E-state index contributed by atoms with van der Waals surface area (Å²) in [7, 11) is 0. The predicted molar refractivity (Wildman–Crippen MR) is 105 cm³/mol. The molecule has 0 unspecified atom stereocenters. The molecule has 1 aliphatic heterocycles. The molecule has 0 saturated carbocycles. The minimum atomic E-state index is -0.180.